The number of carbonyl (C=O) groups is 1. The second-order valence-corrected chi connectivity index (χ2v) is 4.51. The van der Waals surface area contributed by atoms with Crippen LogP contribution < -0.4 is 0 Å². The first kappa shape index (κ1) is 14.5. The SMILES string of the molecule is CCCCOC(=O)c1cc(SC)ccc1[N+](=O)[O-]. The van der Waals surface area contributed by atoms with E-state index < -0.39 is 10.9 Å². The first-order valence-electron chi connectivity index (χ1n) is 5.59. The average Bonchev–Trinajstić information content (AvgIpc) is 2.38. The molecule has 0 unspecified atom stereocenters. The van der Waals surface area contributed by atoms with E-state index in [1.54, 1.807) is 6.07 Å². The van der Waals surface area contributed by atoms with Crippen molar-refractivity contribution in [1.82, 2.24) is 0 Å². The van der Waals surface area contributed by atoms with Crippen LogP contribution in [0.4, 0.5) is 5.69 Å². The Hall–Kier alpha value is -1.56. The monoisotopic (exact) mass is 269 g/mol. The number of carbonyl (C=O) groups excluding carboxylic acids is 1. The fraction of sp³-hybridized carbons (Fsp3) is 0.417. The Bertz CT molecular complexity index is 448. The van der Waals surface area contributed by atoms with Crippen molar-refractivity contribution in [1.29, 1.82) is 0 Å². The summed E-state index contributed by atoms with van der Waals surface area (Å²) in [5, 5.41) is 10.8. The Morgan fingerprint density at radius 1 is 1.50 bits per heavy atom. The molecule has 0 saturated carbocycles. The molecule has 0 heterocycles. The lowest BCUT2D eigenvalue weighted by atomic mass is 10.2. The van der Waals surface area contributed by atoms with Crippen LogP contribution in [0.1, 0.15) is 30.1 Å². The number of rotatable bonds is 6. The van der Waals surface area contributed by atoms with Crippen molar-refractivity contribution in [2.75, 3.05) is 12.9 Å². The molecule has 0 bridgehead atoms. The molecule has 5 nitrogen and oxygen atoms in total. The van der Waals surface area contributed by atoms with E-state index in [1.807, 2.05) is 13.2 Å². The predicted octanol–water partition coefficient (Wildman–Crippen LogP) is 3.27. The molecule has 0 fully saturated rings. The van der Waals surface area contributed by atoms with Crippen molar-refractivity contribution in [3.8, 4) is 0 Å². The van der Waals surface area contributed by atoms with Crippen molar-refractivity contribution in [3.05, 3.63) is 33.9 Å². The number of ether oxygens (including phenoxy) is 1. The van der Waals surface area contributed by atoms with E-state index in [4.69, 9.17) is 4.74 Å². The molecule has 0 aliphatic heterocycles. The fourth-order valence-electron chi connectivity index (χ4n) is 1.35. The number of unbranched alkanes of at least 4 members (excludes halogenated alkanes) is 1. The van der Waals surface area contributed by atoms with Crippen LogP contribution in [0.5, 0.6) is 0 Å². The van der Waals surface area contributed by atoms with Crippen LogP contribution in [-0.4, -0.2) is 23.8 Å². The van der Waals surface area contributed by atoms with E-state index in [-0.39, 0.29) is 17.9 Å². The summed E-state index contributed by atoms with van der Waals surface area (Å²) in [4.78, 5) is 22.8. The Morgan fingerprint density at radius 3 is 2.78 bits per heavy atom. The summed E-state index contributed by atoms with van der Waals surface area (Å²) < 4.78 is 5.01. The molecule has 0 aliphatic carbocycles. The average molecular weight is 269 g/mol. The van der Waals surface area contributed by atoms with Gasteiger partial charge in [-0.2, -0.15) is 0 Å². The third kappa shape index (κ3) is 3.73. The summed E-state index contributed by atoms with van der Waals surface area (Å²) in [6.07, 6.45) is 3.50. The standard InChI is InChI=1S/C12H15NO4S/c1-3-4-7-17-12(14)10-8-9(18-2)5-6-11(10)13(15)16/h5-6,8H,3-4,7H2,1-2H3. The van der Waals surface area contributed by atoms with Gasteiger partial charge in [-0.15, -0.1) is 11.8 Å². The van der Waals surface area contributed by atoms with E-state index in [2.05, 4.69) is 0 Å². The van der Waals surface area contributed by atoms with Gasteiger partial charge >= 0.3 is 5.97 Å². The third-order valence-corrected chi connectivity index (χ3v) is 3.08. The molecule has 1 aromatic carbocycles. The highest BCUT2D eigenvalue weighted by Crippen LogP contribution is 2.25. The van der Waals surface area contributed by atoms with Gasteiger partial charge in [0.1, 0.15) is 5.56 Å². The van der Waals surface area contributed by atoms with Gasteiger partial charge in [0.15, 0.2) is 0 Å². The molecule has 0 aliphatic rings. The number of thioether (sulfide) groups is 1. The summed E-state index contributed by atoms with van der Waals surface area (Å²) in [6, 6.07) is 4.45. The molecular weight excluding hydrogens is 254 g/mol. The molecule has 18 heavy (non-hydrogen) atoms. The second kappa shape index (κ2) is 7.00. The van der Waals surface area contributed by atoms with Gasteiger partial charge in [-0.1, -0.05) is 13.3 Å². The molecular formula is C12H15NO4S. The van der Waals surface area contributed by atoms with Crippen LogP contribution in [0.25, 0.3) is 0 Å². The number of nitro benzene ring substituents is 1. The molecule has 0 atom stereocenters. The van der Waals surface area contributed by atoms with E-state index in [0.717, 1.165) is 17.7 Å². The lowest BCUT2D eigenvalue weighted by molar-refractivity contribution is -0.385. The number of hydrogen-bond donors (Lipinski definition) is 0. The first-order valence-corrected chi connectivity index (χ1v) is 6.82. The number of nitro groups is 1. The van der Waals surface area contributed by atoms with Gasteiger partial charge in [-0.05, 0) is 24.8 Å². The van der Waals surface area contributed by atoms with Crippen LogP contribution in [-0.2, 0) is 4.74 Å². The summed E-state index contributed by atoms with van der Waals surface area (Å²) in [5.74, 6) is -0.633. The van der Waals surface area contributed by atoms with Gasteiger partial charge in [-0.3, -0.25) is 10.1 Å². The van der Waals surface area contributed by atoms with Crippen LogP contribution in [0.2, 0.25) is 0 Å². The van der Waals surface area contributed by atoms with Gasteiger partial charge < -0.3 is 4.74 Å². The Balaban J connectivity index is 2.96. The molecule has 0 amide bonds. The van der Waals surface area contributed by atoms with Crippen molar-refractivity contribution in [3.63, 3.8) is 0 Å². The minimum absolute atomic E-state index is 0.0166. The summed E-state index contributed by atoms with van der Waals surface area (Å²) in [7, 11) is 0. The van der Waals surface area contributed by atoms with Crippen LogP contribution in [0.15, 0.2) is 23.1 Å². The number of benzene rings is 1. The van der Waals surface area contributed by atoms with E-state index in [0.29, 0.717) is 0 Å². The van der Waals surface area contributed by atoms with Crippen LogP contribution in [0, 0.1) is 10.1 Å². The fourth-order valence-corrected chi connectivity index (χ4v) is 1.79. The maximum atomic E-state index is 11.8. The molecule has 1 aromatic rings. The molecule has 6 heteroatoms. The minimum atomic E-state index is -0.633. The zero-order valence-corrected chi connectivity index (χ0v) is 11.2. The molecule has 1 rings (SSSR count). The highest BCUT2D eigenvalue weighted by atomic mass is 32.2. The van der Waals surface area contributed by atoms with Gasteiger partial charge in [-0.25, -0.2) is 4.79 Å². The number of hydrogen-bond acceptors (Lipinski definition) is 5. The molecule has 0 radical (unpaired) electrons. The van der Waals surface area contributed by atoms with Crippen LogP contribution >= 0.6 is 11.8 Å². The molecule has 0 N–H and O–H groups in total. The zero-order valence-electron chi connectivity index (χ0n) is 10.3. The minimum Gasteiger partial charge on any atom is -0.462 e. The molecule has 98 valence electrons. The largest absolute Gasteiger partial charge is 0.462 e. The van der Waals surface area contributed by atoms with Gasteiger partial charge in [0.25, 0.3) is 5.69 Å². The smallest absolute Gasteiger partial charge is 0.345 e. The number of esters is 1. The quantitative estimate of drug-likeness (QED) is 0.260. The Labute approximate surface area is 110 Å². The van der Waals surface area contributed by atoms with Crippen molar-refractivity contribution in [2.24, 2.45) is 0 Å². The summed E-state index contributed by atoms with van der Waals surface area (Å²) in [5.41, 5.74) is -0.197. The number of nitrogens with zero attached hydrogens (tertiary/aromatic N) is 1. The van der Waals surface area contributed by atoms with Gasteiger partial charge in [0, 0.05) is 11.0 Å². The topological polar surface area (TPSA) is 69.4 Å². The Morgan fingerprint density at radius 2 is 2.22 bits per heavy atom. The van der Waals surface area contributed by atoms with Crippen molar-refractivity contribution in [2.45, 2.75) is 24.7 Å². The van der Waals surface area contributed by atoms with Crippen molar-refractivity contribution < 1.29 is 14.5 Å². The van der Waals surface area contributed by atoms with E-state index in [9.17, 15) is 14.9 Å². The maximum absolute atomic E-state index is 11.8. The first-order chi connectivity index (χ1) is 8.60. The van der Waals surface area contributed by atoms with Crippen molar-refractivity contribution >= 4 is 23.4 Å². The molecule has 0 saturated heterocycles. The molecule has 0 spiro atoms. The predicted molar refractivity (Wildman–Crippen MR) is 70.1 cm³/mol. The van der Waals surface area contributed by atoms with Gasteiger partial charge in [0.2, 0.25) is 0 Å². The summed E-state index contributed by atoms with van der Waals surface area (Å²) >= 11 is 1.42. The lowest BCUT2D eigenvalue weighted by Crippen LogP contribution is -2.09. The second-order valence-electron chi connectivity index (χ2n) is 3.63. The third-order valence-electron chi connectivity index (χ3n) is 2.35. The van der Waals surface area contributed by atoms with Crippen LogP contribution in [0.3, 0.4) is 0 Å². The summed E-state index contributed by atoms with van der Waals surface area (Å²) in [6.45, 7) is 2.26. The molecule has 0 aromatic heterocycles. The highest BCUT2D eigenvalue weighted by Gasteiger charge is 2.21. The zero-order chi connectivity index (χ0) is 13.5. The van der Waals surface area contributed by atoms with Gasteiger partial charge in [0.05, 0.1) is 11.5 Å². The highest BCUT2D eigenvalue weighted by molar-refractivity contribution is 7.98. The van der Waals surface area contributed by atoms with E-state index in [1.165, 1.54) is 23.9 Å². The van der Waals surface area contributed by atoms with E-state index >= 15 is 0 Å². The lowest BCUT2D eigenvalue weighted by Gasteiger charge is -2.06. The Kier molecular flexibility index (Phi) is 5.64. The maximum Gasteiger partial charge on any atom is 0.345 e. The normalized spacial score (nSPS) is 10.1.